The Hall–Kier alpha value is -2.14. The highest BCUT2D eigenvalue weighted by Crippen LogP contribution is 2.38. The molecule has 0 saturated heterocycles. The number of hydrogen-bond acceptors (Lipinski definition) is 2. The maximum Gasteiger partial charge on any atom is 0.255 e. The van der Waals surface area contributed by atoms with Crippen LogP contribution in [0, 0.1) is 13.8 Å². The molecule has 0 radical (unpaired) electrons. The van der Waals surface area contributed by atoms with E-state index in [4.69, 9.17) is 0 Å². The van der Waals surface area contributed by atoms with Crippen molar-refractivity contribution in [2.75, 3.05) is 16.8 Å². The van der Waals surface area contributed by atoms with Crippen LogP contribution >= 0.6 is 15.9 Å². The van der Waals surface area contributed by atoms with Crippen molar-refractivity contribution in [1.29, 1.82) is 0 Å². The van der Waals surface area contributed by atoms with Gasteiger partial charge in [-0.3, -0.25) is 9.59 Å². The zero-order valence-corrected chi connectivity index (χ0v) is 15.5. The van der Waals surface area contributed by atoms with Gasteiger partial charge in [-0.1, -0.05) is 22.0 Å². The van der Waals surface area contributed by atoms with Crippen LogP contribution in [-0.4, -0.2) is 18.4 Å². The molecule has 24 heavy (non-hydrogen) atoms. The fourth-order valence-corrected chi connectivity index (χ4v) is 3.50. The molecule has 2 amide bonds. The number of hydrogen-bond donors (Lipinski definition) is 1. The summed E-state index contributed by atoms with van der Waals surface area (Å²) in [6.45, 7) is 6.20. The number of rotatable bonds is 2. The largest absolute Gasteiger partial charge is 0.320 e. The van der Waals surface area contributed by atoms with E-state index in [1.165, 1.54) is 0 Å². The zero-order valence-electron chi connectivity index (χ0n) is 13.9. The maximum absolute atomic E-state index is 12.6. The number of carbonyl (C=O) groups is 2. The van der Waals surface area contributed by atoms with Crippen molar-refractivity contribution in [2.45, 2.75) is 27.2 Å². The standard InChI is InChI=1S/C19H19BrN2O2/c1-11-4-5-15(8-12(11)2)19(24)21-17-10-16(20)9-14-6-7-22(13(3)23)18(14)17/h4-5,8-10H,6-7H2,1-3H3,(H,21,24). The van der Waals surface area contributed by atoms with Crippen molar-refractivity contribution < 1.29 is 9.59 Å². The van der Waals surface area contributed by atoms with Gasteiger partial charge < -0.3 is 10.2 Å². The van der Waals surface area contributed by atoms with E-state index in [0.29, 0.717) is 17.8 Å². The summed E-state index contributed by atoms with van der Waals surface area (Å²) in [4.78, 5) is 26.2. The normalized spacial score (nSPS) is 12.9. The van der Waals surface area contributed by atoms with Gasteiger partial charge in [0, 0.05) is 23.5 Å². The topological polar surface area (TPSA) is 49.4 Å². The number of nitrogens with zero attached hydrogens (tertiary/aromatic N) is 1. The molecule has 1 aliphatic rings. The lowest BCUT2D eigenvalue weighted by molar-refractivity contribution is -0.116. The highest BCUT2D eigenvalue weighted by Gasteiger charge is 2.26. The number of nitrogens with one attached hydrogen (secondary N) is 1. The Balaban J connectivity index is 1.97. The maximum atomic E-state index is 12.6. The average molecular weight is 387 g/mol. The lowest BCUT2D eigenvalue weighted by atomic mass is 10.1. The van der Waals surface area contributed by atoms with Gasteiger partial charge >= 0.3 is 0 Å². The predicted molar refractivity (Wildman–Crippen MR) is 99.7 cm³/mol. The molecule has 1 aliphatic heterocycles. The summed E-state index contributed by atoms with van der Waals surface area (Å²) in [6, 6.07) is 9.49. The van der Waals surface area contributed by atoms with E-state index >= 15 is 0 Å². The highest BCUT2D eigenvalue weighted by molar-refractivity contribution is 9.10. The molecule has 0 bridgehead atoms. The van der Waals surface area contributed by atoms with E-state index in [-0.39, 0.29) is 11.8 Å². The fraction of sp³-hybridized carbons (Fsp3) is 0.263. The van der Waals surface area contributed by atoms with Crippen LogP contribution in [0.2, 0.25) is 0 Å². The second-order valence-electron chi connectivity index (χ2n) is 6.13. The van der Waals surface area contributed by atoms with Crippen molar-refractivity contribution in [3.63, 3.8) is 0 Å². The minimum atomic E-state index is -0.172. The van der Waals surface area contributed by atoms with Gasteiger partial charge in [0.25, 0.3) is 5.91 Å². The first kappa shape index (κ1) is 16.7. The molecule has 1 N–H and O–H groups in total. The van der Waals surface area contributed by atoms with E-state index in [1.807, 2.05) is 44.2 Å². The summed E-state index contributed by atoms with van der Waals surface area (Å²) < 4.78 is 0.891. The van der Waals surface area contributed by atoms with E-state index in [2.05, 4.69) is 21.2 Å². The molecule has 0 aliphatic carbocycles. The molecule has 1 heterocycles. The quantitative estimate of drug-likeness (QED) is 0.839. The zero-order chi connectivity index (χ0) is 17.4. The number of carbonyl (C=O) groups excluding carboxylic acids is 2. The Morgan fingerprint density at radius 3 is 2.54 bits per heavy atom. The Morgan fingerprint density at radius 1 is 1.12 bits per heavy atom. The van der Waals surface area contributed by atoms with Gasteiger partial charge in [0.1, 0.15) is 0 Å². The van der Waals surface area contributed by atoms with Gasteiger partial charge in [0.15, 0.2) is 0 Å². The Labute approximate surface area is 150 Å². The van der Waals surface area contributed by atoms with Crippen LogP contribution in [0.4, 0.5) is 11.4 Å². The first-order chi connectivity index (χ1) is 11.4. The van der Waals surface area contributed by atoms with Crippen LogP contribution in [-0.2, 0) is 11.2 Å². The summed E-state index contributed by atoms with van der Waals surface area (Å²) in [6.07, 6.45) is 0.793. The molecule has 2 aromatic carbocycles. The van der Waals surface area contributed by atoms with Gasteiger partial charge in [0.2, 0.25) is 5.91 Å². The van der Waals surface area contributed by atoms with E-state index < -0.39 is 0 Å². The van der Waals surface area contributed by atoms with E-state index in [1.54, 1.807) is 11.8 Å². The fourth-order valence-electron chi connectivity index (χ4n) is 3.00. The minimum absolute atomic E-state index is 0.0160. The third-order valence-corrected chi connectivity index (χ3v) is 4.88. The van der Waals surface area contributed by atoms with Crippen LogP contribution in [0.5, 0.6) is 0 Å². The molecule has 0 atom stereocenters. The Bertz CT molecular complexity index is 846. The molecule has 4 nitrogen and oxygen atoms in total. The molecule has 0 fully saturated rings. The third-order valence-electron chi connectivity index (χ3n) is 4.43. The van der Waals surface area contributed by atoms with Gasteiger partial charge in [-0.25, -0.2) is 0 Å². The second-order valence-corrected chi connectivity index (χ2v) is 7.05. The Morgan fingerprint density at radius 2 is 1.88 bits per heavy atom. The number of amides is 2. The van der Waals surface area contributed by atoms with Gasteiger partial charge in [-0.05, 0) is 61.2 Å². The molecular formula is C19H19BrN2O2. The van der Waals surface area contributed by atoms with Gasteiger partial charge in [-0.2, -0.15) is 0 Å². The van der Waals surface area contributed by atoms with Crippen LogP contribution in [0.25, 0.3) is 0 Å². The second kappa shape index (κ2) is 6.40. The molecule has 0 unspecified atom stereocenters. The lowest BCUT2D eigenvalue weighted by Gasteiger charge is -2.19. The van der Waals surface area contributed by atoms with Crippen molar-refractivity contribution in [1.82, 2.24) is 0 Å². The van der Waals surface area contributed by atoms with Crippen molar-refractivity contribution in [2.24, 2.45) is 0 Å². The van der Waals surface area contributed by atoms with Crippen LogP contribution in [0.3, 0.4) is 0 Å². The number of anilines is 2. The molecule has 0 aromatic heterocycles. The lowest BCUT2D eigenvalue weighted by Crippen LogP contribution is -2.27. The van der Waals surface area contributed by atoms with Crippen molar-refractivity contribution >= 4 is 39.1 Å². The SMILES string of the molecule is CC(=O)N1CCc2cc(Br)cc(NC(=O)c3ccc(C)c(C)c3)c21. The molecule has 2 aromatic rings. The predicted octanol–water partition coefficient (Wildman–Crippen LogP) is 4.23. The summed E-state index contributed by atoms with van der Waals surface area (Å²) in [7, 11) is 0. The first-order valence-corrected chi connectivity index (χ1v) is 8.65. The van der Waals surface area contributed by atoms with Crippen molar-refractivity contribution in [3.8, 4) is 0 Å². The number of halogens is 1. The smallest absolute Gasteiger partial charge is 0.255 e. The number of fused-ring (bicyclic) bond motifs is 1. The molecule has 124 valence electrons. The van der Waals surface area contributed by atoms with Crippen LogP contribution in [0.15, 0.2) is 34.8 Å². The van der Waals surface area contributed by atoms with Gasteiger partial charge in [0.05, 0.1) is 11.4 Å². The van der Waals surface area contributed by atoms with Gasteiger partial charge in [-0.15, -0.1) is 0 Å². The number of benzene rings is 2. The first-order valence-electron chi connectivity index (χ1n) is 7.86. The summed E-state index contributed by atoms with van der Waals surface area (Å²) in [5.74, 6) is -0.188. The Kier molecular flexibility index (Phi) is 4.45. The summed E-state index contributed by atoms with van der Waals surface area (Å²) >= 11 is 3.49. The monoisotopic (exact) mass is 386 g/mol. The molecule has 0 spiro atoms. The summed E-state index contributed by atoms with van der Waals surface area (Å²) in [5.41, 5.74) is 5.37. The molecule has 0 saturated carbocycles. The molecule has 3 rings (SSSR count). The van der Waals surface area contributed by atoms with E-state index in [9.17, 15) is 9.59 Å². The number of aryl methyl sites for hydroxylation is 2. The van der Waals surface area contributed by atoms with Crippen molar-refractivity contribution in [3.05, 3.63) is 57.1 Å². The minimum Gasteiger partial charge on any atom is -0.320 e. The average Bonchev–Trinajstić information content (AvgIpc) is 2.94. The van der Waals surface area contributed by atoms with Crippen LogP contribution in [0.1, 0.15) is 34.0 Å². The van der Waals surface area contributed by atoms with Crippen LogP contribution < -0.4 is 10.2 Å². The summed E-state index contributed by atoms with van der Waals surface area (Å²) in [5, 5.41) is 2.97. The molecule has 5 heteroatoms. The third kappa shape index (κ3) is 3.08. The highest BCUT2D eigenvalue weighted by atomic mass is 79.9. The molecular weight excluding hydrogens is 368 g/mol. The van der Waals surface area contributed by atoms with E-state index in [0.717, 1.165) is 33.3 Å².